The second kappa shape index (κ2) is 58.4. The fourth-order valence-electron chi connectivity index (χ4n) is 14.7. The van der Waals surface area contributed by atoms with Gasteiger partial charge in [0.15, 0.2) is 18.6 Å². The van der Waals surface area contributed by atoms with E-state index in [1.54, 1.807) is 75.2 Å². The zero-order valence-corrected chi connectivity index (χ0v) is 78.9. The molecule has 9 unspecified atom stereocenters. The Morgan fingerprint density at radius 3 is 1.39 bits per heavy atom. The lowest BCUT2D eigenvalue weighted by atomic mass is 9.73. The Kier molecular flexibility index (Phi) is 56.3. The van der Waals surface area contributed by atoms with Gasteiger partial charge >= 0.3 is 47.8 Å². The average molecular weight is 1880 g/mol. The summed E-state index contributed by atoms with van der Waals surface area (Å²) in [6.45, 7) is 42.0. The van der Waals surface area contributed by atoms with Gasteiger partial charge in [0.05, 0.1) is 66.9 Å². The van der Waals surface area contributed by atoms with E-state index in [1.807, 2.05) is 132 Å². The molecule has 3 saturated carbocycles. The molecule has 0 amide bonds. The smallest absolute Gasteiger partial charge is 0.349 e. The molecular weight excluding hydrogens is 1700 g/mol. The molecule has 1 saturated heterocycles. The minimum absolute atomic E-state index is 0. The number of rotatable bonds is 40. The van der Waals surface area contributed by atoms with Crippen LogP contribution in [0.15, 0.2) is 78.9 Å². The van der Waals surface area contributed by atoms with Gasteiger partial charge in [-0.3, -0.25) is 28.8 Å². The highest BCUT2D eigenvalue weighted by Gasteiger charge is 2.75. The summed E-state index contributed by atoms with van der Waals surface area (Å²) < 4.78 is 89.6. The van der Waals surface area contributed by atoms with E-state index >= 15 is 0 Å². The van der Waals surface area contributed by atoms with Gasteiger partial charge in [-0.25, -0.2) is 9.59 Å². The molecule has 758 valence electrons. The molecule has 4 fully saturated rings. The highest BCUT2D eigenvalue weighted by molar-refractivity contribution is 6.03. The molecule has 2 N–H and O–H groups in total. The van der Waals surface area contributed by atoms with Crippen molar-refractivity contribution in [3.8, 4) is 34.1 Å². The van der Waals surface area contributed by atoms with Crippen LogP contribution in [0.5, 0.6) is 23.0 Å². The van der Waals surface area contributed by atoms with Crippen molar-refractivity contribution in [3.05, 3.63) is 140 Å². The van der Waals surface area contributed by atoms with E-state index in [9.17, 15) is 48.6 Å². The number of ether oxygens (including phenoxy) is 16. The van der Waals surface area contributed by atoms with Crippen molar-refractivity contribution in [2.45, 2.75) is 351 Å². The number of benzene rings is 5. The van der Waals surface area contributed by atoms with Crippen LogP contribution in [0.2, 0.25) is 0 Å². The second-order valence-corrected chi connectivity index (χ2v) is 36.2. The Morgan fingerprint density at radius 1 is 0.496 bits per heavy atom. The fourth-order valence-corrected chi connectivity index (χ4v) is 14.7. The number of methoxy groups -OCH3 is 4. The molecule has 3 aliphatic carbocycles. The molecular formula is C107H174O26. The lowest BCUT2D eigenvalue weighted by Crippen LogP contribution is -2.46. The molecule has 1 aliphatic heterocycles. The molecule has 26 heteroatoms. The fraction of sp³-hybridized carbons (Fsp3) is 0.645. The minimum Gasteiger partial charge on any atom is -0.507 e. The summed E-state index contributed by atoms with van der Waals surface area (Å²) in [6, 6.07) is 25.9. The minimum atomic E-state index is -1.39. The van der Waals surface area contributed by atoms with Crippen LogP contribution in [0.4, 0.5) is 0 Å². The van der Waals surface area contributed by atoms with E-state index in [2.05, 4.69) is 45.0 Å². The summed E-state index contributed by atoms with van der Waals surface area (Å²) >= 11 is 0. The van der Waals surface area contributed by atoms with Gasteiger partial charge in [0.1, 0.15) is 67.2 Å². The number of aliphatic hydroxyl groups excluding tert-OH is 1. The number of aromatic hydroxyl groups is 1. The van der Waals surface area contributed by atoms with Crippen molar-refractivity contribution in [2.75, 3.05) is 68.1 Å². The van der Waals surface area contributed by atoms with Gasteiger partial charge in [-0.2, -0.15) is 0 Å². The molecule has 133 heavy (non-hydrogen) atoms. The van der Waals surface area contributed by atoms with E-state index in [1.165, 1.54) is 0 Å². The summed E-state index contributed by atoms with van der Waals surface area (Å²) in [4.78, 5) is 99.8. The molecule has 4 aliphatic rings. The molecule has 5 aromatic rings. The Labute approximate surface area is 799 Å². The van der Waals surface area contributed by atoms with Gasteiger partial charge < -0.3 is 86.0 Å². The first kappa shape index (κ1) is 128. The van der Waals surface area contributed by atoms with Crippen LogP contribution in [-0.2, 0) is 145 Å². The van der Waals surface area contributed by atoms with Crippen LogP contribution >= 0.6 is 0 Å². The first-order chi connectivity index (χ1) is 59.0. The number of carbonyl (C=O) groups is 8. The van der Waals surface area contributed by atoms with E-state index < -0.39 is 94.2 Å². The topological polar surface area (TPSA) is 325 Å². The predicted molar refractivity (Wildman–Crippen MR) is 525 cm³/mol. The lowest BCUT2D eigenvalue weighted by Gasteiger charge is -2.34. The van der Waals surface area contributed by atoms with E-state index in [0.717, 1.165) is 99.1 Å². The van der Waals surface area contributed by atoms with E-state index in [-0.39, 0.29) is 146 Å². The lowest BCUT2D eigenvalue weighted by molar-refractivity contribution is -0.170. The van der Waals surface area contributed by atoms with Crippen LogP contribution in [0.3, 0.4) is 0 Å². The molecule has 9 rings (SSSR count). The second-order valence-electron chi connectivity index (χ2n) is 36.2. The van der Waals surface area contributed by atoms with Crippen molar-refractivity contribution in [3.63, 3.8) is 0 Å². The largest absolute Gasteiger partial charge is 0.507 e. The maximum absolute atomic E-state index is 13.1. The van der Waals surface area contributed by atoms with Crippen LogP contribution in [-0.4, -0.2) is 150 Å². The Balaban J connectivity index is -0.00000167. The molecule has 2 bridgehead atoms. The molecule has 26 nitrogen and oxygen atoms in total. The zero-order valence-electron chi connectivity index (χ0n) is 78.9. The number of fused-ring (bicyclic) bond motifs is 1. The molecule has 0 spiro atoms. The first-order valence-electron chi connectivity index (χ1n) is 43.9. The number of hydrogen-bond acceptors (Lipinski definition) is 26. The summed E-state index contributed by atoms with van der Waals surface area (Å²) in [5.41, 5.74) is 7.27. The summed E-state index contributed by atoms with van der Waals surface area (Å²) in [6.07, 6.45) is 4.90. The highest BCUT2D eigenvalue weighted by Crippen LogP contribution is 2.63. The molecule has 9 atom stereocenters. The van der Waals surface area contributed by atoms with Crippen molar-refractivity contribution in [2.24, 2.45) is 38.9 Å². The molecule has 1 heterocycles. The van der Waals surface area contributed by atoms with Crippen molar-refractivity contribution >= 4 is 47.8 Å². The summed E-state index contributed by atoms with van der Waals surface area (Å²) in [5.74, 6) is -2.70. The summed E-state index contributed by atoms with van der Waals surface area (Å²) in [5, 5.41) is 19.7. The molecule has 0 radical (unpaired) electrons. The maximum Gasteiger partial charge on any atom is 0.349 e. The normalized spacial score (nSPS) is 17.7. The van der Waals surface area contributed by atoms with Crippen LogP contribution in [0, 0.1) is 52.8 Å². The number of aliphatic hydroxyl groups is 1. The van der Waals surface area contributed by atoms with Crippen molar-refractivity contribution < 1.29 is 124 Å². The quantitative estimate of drug-likeness (QED) is 0.0121. The van der Waals surface area contributed by atoms with Gasteiger partial charge in [0, 0.05) is 98.0 Å². The SMILES string of the molecule is C.C.C.C.C.C.C.C.CCC(C)(C)C(=O)OC1C2CC3C1OC(=O)C3(C(=O)OCc1cc(C)cc(CO)c1O)C2.CCC(C)(C)C(=O)OCC(=O)OCCOc1c(COC)cc(C)cc1COC.CCC(C)(C)C(=O)OCC(=O)Oc1c(C(C)OC)cc(C(C)(C)C)cc1C(C)OC.CCOCc1cc(-c2ccccc2)cc(COCC)c1OC1CCCCC1OC(=O)C(C)(C)CC. The van der Waals surface area contributed by atoms with Crippen LogP contribution in [0.25, 0.3) is 11.1 Å². The van der Waals surface area contributed by atoms with E-state index in [0.29, 0.717) is 88.0 Å². The highest BCUT2D eigenvalue weighted by atomic mass is 16.6. The Bertz CT molecular complexity index is 4310. The van der Waals surface area contributed by atoms with Gasteiger partial charge in [-0.1, -0.05) is 168 Å². The number of phenols is 1. The van der Waals surface area contributed by atoms with Crippen LogP contribution < -0.4 is 14.2 Å². The van der Waals surface area contributed by atoms with Crippen molar-refractivity contribution in [1.29, 1.82) is 0 Å². The third-order valence-electron chi connectivity index (χ3n) is 24.3. The Morgan fingerprint density at radius 2 is 0.940 bits per heavy atom. The Hall–Kier alpha value is -9.02. The average Bonchev–Trinajstić information content (AvgIpc) is 1.53. The van der Waals surface area contributed by atoms with Crippen molar-refractivity contribution in [1.82, 2.24) is 0 Å². The van der Waals surface area contributed by atoms with E-state index in [4.69, 9.17) is 75.8 Å². The monoisotopic (exact) mass is 1880 g/mol. The third kappa shape index (κ3) is 34.3. The summed E-state index contributed by atoms with van der Waals surface area (Å²) in [7, 11) is 6.44. The molecule has 5 aromatic carbocycles. The van der Waals surface area contributed by atoms with Gasteiger partial charge in [0.25, 0.3) is 0 Å². The number of aryl methyl sites for hydroxylation is 2. The van der Waals surface area contributed by atoms with Gasteiger partial charge in [-0.05, 0) is 214 Å². The number of carbonyl (C=O) groups excluding carboxylic acids is 8. The number of hydrogen-bond donors (Lipinski definition) is 2. The third-order valence-corrected chi connectivity index (χ3v) is 24.3. The maximum atomic E-state index is 13.1. The van der Waals surface area contributed by atoms with Gasteiger partial charge in [0.2, 0.25) is 0 Å². The number of esters is 8. The van der Waals surface area contributed by atoms with Crippen LogP contribution in [0.1, 0.15) is 329 Å². The zero-order chi connectivity index (χ0) is 93.1. The predicted octanol–water partition coefficient (Wildman–Crippen LogP) is 23.2. The standard InChI is InChI=1S/C30H42O5.C24H30O8.C24H38O6.C21H32O7.8CH4/c1-6-30(4,5)29(31)35-27-17-13-12-16-26(27)34-28-24(20-32-7-2)18-23(19-25(28)21-33-8-3)22-14-10-9-11-15-22;1-5-23(3,4)20(27)31-18-13-8-16-19(18)32-22(29)24(16,9-13)21(28)30-11-15-7-12(2)6-14(10-25)17(15)26;1-11-24(7,8)22(26)29-14-20(25)30-21-18(15(2)27-9)12-17(23(4,5)6)13-19(21)16(3)28-10;1-7-21(3,4)20(23)28-14-18(22)26-8-9-27-19-16(12-24-5)10-15(2)11-17(19)13-25-6;;;;;;;;/h9-11,14-15,18-19,26-27H,6-8,12-13,16-17,20-21H2,1-5H3;6-7,13,16,18-19,25-26H,5,8-11H2,1-4H3;12-13,15-16H,11,14H2,1-10H3;10-11H,7-9,12-14H2,1-6H3;8*1H4. The van der Waals surface area contributed by atoms with Gasteiger partial charge in [-0.15, -0.1) is 0 Å². The first-order valence-corrected chi connectivity index (χ1v) is 43.9. The molecule has 0 aromatic heterocycles.